The van der Waals surface area contributed by atoms with Gasteiger partial charge in [0.15, 0.2) is 0 Å². The van der Waals surface area contributed by atoms with Crippen LogP contribution in [-0.2, 0) is 20.7 Å². The van der Waals surface area contributed by atoms with Crippen molar-refractivity contribution in [3.8, 4) is 0 Å². The van der Waals surface area contributed by atoms with E-state index in [1.807, 2.05) is 6.92 Å². The summed E-state index contributed by atoms with van der Waals surface area (Å²) in [4.78, 5) is 25.7. The Morgan fingerprint density at radius 2 is 2.23 bits per heavy atom. The van der Waals surface area contributed by atoms with Crippen molar-refractivity contribution in [2.75, 3.05) is 26.8 Å². The molecule has 0 spiro atoms. The first-order valence-corrected chi connectivity index (χ1v) is 7.37. The summed E-state index contributed by atoms with van der Waals surface area (Å²) in [6.45, 7) is 5.16. The topological polar surface area (TPSA) is 97.6 Å². The average Bonchev–Trinajstić information content (AvgIpc) is 3.11. The van der Waals surface area contributed by atoms with E-state index in [1.165, 1.54) is 0 Å². The first-order valence-electron chi connectivity index (χ1n) is 7.37. The van der Waals surface area contributed by atoms with Crippen LogP contribution in [-0.4, -0.2) is 59.9 Å². The van der Waals surface area contributed by atoms with Gasteiger partial charge in [-0.05, 0) is 20.3 Å². The maximum Gasteiger partial charge on any atom is 0.228 e. The average molecular weight is 310 g/mol. The highest BCUT2D eigenvalue weighted by Crippen LogP contribution is 2.12. The molecule has 2 atom stereocenters. The van der Waals surface area contributed by atoms with Gasteiger partial charge < -0.3 is 15.0 Å². The van der Waals surface area contributed by atoms with E-state index in [0.717, 1.165) is 6.42 Å². The maximum absolute atomic E-state index is 12.1. The third-order valence-corrected chi connectivity index (χ3v) is 3.73. The van der Waals surface area contributed by atoms with Crippen LogP contribution in [0, 0.1) is 12.8 Å². The van der Waals surface area contributed by atoms with Crippen LogP contribution in [0.4, 0.5) is 0 Å². The highest BCUT2D eigenvalue weighted by Gasteiger charge is 2.25. The Hall–Kier alpha value is -1.96. The number of nitrogens with zero attached hydrogens (tertiary/aromatic N) is 3. The number of rotatable bonds is 6. The molecule has 22 heavy (non-hydrogen) atoms. The molecule has 1 aliphatic heterocycles. The molecule has 0 saturated carbocycles. The van der Waals surface area contributed by atoms with Gasteiger partial charge in [-0.15, -0.1) is 0 Å². The van der Waals surface area contributed by atoms with Gasteiger partial charge in [0, 0.05) is 26.2 Å². The highest BCUT2D eigenvalue weighted by atomic mass is 16.6. The third kappa shape index (κ3) is 4.27. The van der Waals surface area contributed by atoms with Crippen LogP contribution >= 0.6 is 0 Å². The lowest BCUT2D eigenvalue weighted by atomic mass is 10.1. The maximum atomic E-state index is 12.1. The molecule has 2 rings (SSSR count). The second-order valence-electron chi connectivity index (χ2n) is 5.72. The third-order valence-electron chi connectivity index (χ3n) is 3.73. The van der Waals surface area contributed by atoms with E-state index in [2.05, 4.69) is 20.3 Å². The molecule has 2 amide bonds. The van der Waals surface area contributed by atoms with Gasteiger partial charge in [-0.1, -0.05) is 10.3 Å². The molecule has 122 valence electrons. The number of aromatic nitrogens is 2. The molecule has 0 bridgehead atoms. The predicted octanol–water partition coefficient (Wildman–Crippen LogP) is -0.0799. The van der Waals surface area contributed by atoms with Crippen molar-refractivity contribution in [2.24, 2.45) is 5.92 Å². The van der Waals surface area contributed by atoms with E-state index in [-0.39, 0.29) is 30.2 Å². The van der Waals surface area contributed by atoms with Crippen LogP contribution in [0.2, 0.25) is 0 Å². The molecular weight excluding hydrogens is 288 g/mol. The lowest BCUT2D eigenvalue weighted by Crippen LogP contribution is -2.45. The number of carbonyl (C=O) groups is 2. The molecule has 1 aromatic rings. The van der Waals surface area contributed by atoms with Crippen LogP contribution in [0.15, 0.2) is 4.63 Å². The summed E-state index contributed by atoms with van der Waals surface area (Å²) in [6, 6.07) is -0.126. The Kier molecular flexibility index (Phi) is 5.48. The van der Waals surface area contributed by atoms with E-state index < -0.39 is 0 Å². The first kappa shape index (κ1) is 16.4. The van der Waals surface area contributed by atoms with Crippen molar-refractivity contribution in [3.05, 3.63) is 11.4 Å². The van der Waals surface area contributed by atoms with E-state index in [4.69, 9.17) is 4.74 Å². The number of ether oxygens (including phenoxy) is 1. The summed E-state index contributed by atoms with van der Waals surface area (Å²) in [5.41, 5.74) is 1.15. The fraction of sp³-hybridized carbons (Fsp3) is 0.714. The van der Waals surface area contributed by atoms with Gasteiger partial charge in [0.2, 0.25) is 11.8 Å². The number of hydrogen-bond acceptors (Lipinski definition) is 6. The molecule has 0 aromatic carbocycles. The first-order chi connectivity index (χ1) is 10.5. The SMILES string of the molecule is Cc1nonc1CC(=O)N(C)CC(C)NC(=O)C1CCOC1. The second kappa shape index (κ2) is 7.35. The van der Waals surface area contributed by atoms with Crippen LogP contribution in [0.1, 0.15) is 24.7 Å². The standard InChI is InChI=1S/C14H22N4O4/c1-9(15-14(20)11-4-5-21-8-11)7-18(3)13(19)6-12-10(2)16-22-17-12/h9,11H,4-8H2,1-3H3,(H,15,20). The molecule has 0 radical (unpaired) electrons. The number of aryl methyl sites for hydroxylation is 1. The zero-order chi connectivity index (χ0) is 16.1. The molecule has 8 nitrogen and oxygen atoms in total. The number of nitrogens with one attached hydrogen (secondary N) is 1. The molecule has 0 aliphatic carbocycles. The smallest absolute Gasteiger partial charge is 0.228 e. The fourth-order valence-electron chi connectivity index (χ4n) is 2.35. The van der Waals surface area contributed by atoms with E-state index >= 15 is 0 Å². The number of amides is 2. The van der Waals surface area contributed by atoms with E-state index in [1.54, 1.807) is 18.9 Å². The highest BCUT2D eigenvalue weighted by molar-refractivity contribution is 5.80. The van der Waals surface area contributed by atoms with Crippen molar-refractivity contribution in [1.29, 1.82) is 0 Å². The molecule has 1 fully saturated rings. The van der Waals surface area contributed by atoms with Gasteiger partial charge in [-0.25, -0.2) is 4.63 Å². The molecule has 1 aliphatic rings. The Balaban J connectivity index is 1.77. The zero-order valence-corrected chi connectivity index (χ0v) is 13.2. The Morgan fingerprint density at radius 1 is 1.45 bits per heavy atom. The summed E-state index contributed by atoms with van der Waals surface area (Å²) in [5, 5.41) is 10.3. The minimum atomic E-state index is -0.126. The minimum absolute atomic E-state index is 0.0117. The summed E-state index contributed by atoms with van der Waals surface area (Å²) in [5.74, 6) is -0.182. The summed E-state index contributed by atoms with van der Waals surface area (Å²) >= 11 is 0. The molecule has 1 aromatic heterocycles. The Labute approximate surface area is 129 Å². The molecular formula is C14H22N4O4. The van der Waals surface area contributed by atoms with Crippen LogP contribution < -0.4 is 5.32 Å². The van der Waals surface area contributed by atoms with Crippen molar-refractivity contribution in [2.45, 2.75) is 32.7 Å². The van der Waals surface area contributed by atoms with Crippen LogP contribution in [0.25, 0.3) is 0 Å². The monoisotopic (exact) mass is 310 g/mol. The van der Waals surface area contributed by atoms with Gasteiger partial charge in [0.25, 0.3) is 0 Å². The Bertz CT molecular complexity index is 525. The molecule has 8 heteroatoms. The lowest BCUT2D eigenvalue weighted by Gasteiger charge is -2.23. The van der Waals surface area contributed by atoms with Gasteiger partial charge in [-0.2, -0.15) is 0 Å². The van der Waals surface area contributed by atoms with Crippen molar-refractivity contribution in [3.63, 3.8) is 0 Å². The normalized spacial score (nSPS) is 19.0. The Morgan fingerprint density at radius 3 is 2.82 bits per heavy atom. The largest absolute Gasteiger partial charge is 0.381 e. The van der Waals surface area contributed by atoms with E-state index in [0.29, 0.717) is 31.1 Å². The predicted molar refractivity (Wildman–Crippen MR) is 76.9 cm³/mol. The van der Waals surface area contributed by atoms with Crippen molar-refractivity contribution >= 4 is 11.8 Å². The summed E-state index contributed by atoms with van der Waals surface area (Å²) < 4.78 is 9.78. The fourth-order valence-corrected chi connectivity index (χ4v) is 2.35. The minimum Gasteiger partial charge on any atom is -0.381 e. The van der Waals surface area contributed by atoms with Gasteiger partial charge >= 0.3 is 0 Å². The van der Waals surface area contributed by atoms with Crippen LogP contribution in [0.5, 0.6) is 0 Å². The summed E-state index contributed by atoms with van der Waals surface area (Å²) in [7, 11) is 1.70. The second-order valence-corrected chi connectivity index (χ2v) is 5.72. The van der Waals surface area contributed by atoms with Gasteiger partial charge in [-0.3, -0.25) is 9.59 Å². The number of hydrogen-bond donors (Lipinski definition) is 1. The molecule has 1 N–H and O–H groups in total. The molecule has 2 unspecified atom stereocenters. The van der Waals surface area contributed by atoms with Crippen molar-refractivity contribution in [1.82, 2.24) is 20.5 Å². The van der Waals surface area contributed by atoms with Gasteiger partial charge in [0.1, 0.15) is 11.4 Å². The lowest BCUT2D eigenvalue weighted by molar-refractivity contribution is -0.131. The number of carbonyl (C=O) groups excluding carboxylic acids is 2. The van der Waals surface area contributed by atoms with Crippen molar-refractivity contribution < 1.29 is 19.0 Å². The van der Waals surface area contributed by atoms with Crippen LogP contribution in [0.3, 0.4) is 0 Å². The van der Waals surface area contributed by atoms with Gasteiger partial charge in [0.05, 0.1) is 18.9 Å². The quantitative estimate of drug-likeness (QED) is 0.789. The molecule has 2 heterocycles. The van der Waals surface area contributed by atoms with E-state index in [9.17, 15) is 9.59 Å². The zero-order valence-electron chi connectivity index (χ0n) is 13.2. The number of likely N-dealkylation sites (N-methyl/N-ethyl adjacent to an activating group) is 1. The summed E-state index contributed by atoms with van der Waals surface area (Å²) in [6.07, 6.45) is 0.898. The molecule has 1 saturated heterocycles.